The number of aromatic nitrogens is 2. The van der Waals surface area contributed by atoms with Crippen LogP contribution < -0.4 is 5.32 Å². The molecule has 8 heteroatoms. The molecule has 1 aliphatic rings. The molecule has 0 spiro atoms. The molecule has 0 radical (unpaired) electrons. The minimum Gasteiger partial charge on any atom is -0.352 e. The lowest BCUT2D eigenvalue weighted by molar-refractivity contribution is -0.152. The molecule has 0 saturated carbocycles. The average Bonchev–Trinajstić information content (AvgIpc) is 3.13. The number of benzene rings is 1. The second-order valence-corrected chi connectivity index (χ2v) is 6.49. The summed E-state index contributed by atoms with van der Waals surface area (Å²) in [6, 6.07) is 9.37. The van der Waals surface area contributed by atoms with E-state index >= 15 is 0 Å². The first-order valence-corrected chi connectivity index (χ1v) is 8.57. The molecule has 1 aromatic carbocycles. The molecule has 1 atom stereocenters. The van der Waals surface area contributed by atoms with Crippen molar-refractivity contribution in [1.82, 2.24) is 20.0 Å². The van der Waals surface area contributed by atoms with Crippen molar-refractivity contribution in [3.8, 4) is 5.69 Å². The molecule has 1 saturated heterocycles. The average molecular weight is 366 g/mol. The van der Waals surface area contributed by atoms with Crippen LogP contribution in [0.5, 0.6) is 0 Å². The zero-order valence-corrected chi connectivity index (χ0v) is 14.2. The first-order valence-electron chi connectivity index (χ1n) is 8.57. The zero-order valence-electron chi connectivity index (χ0n) is 14.2. The third-order valence-corrected chi connectivity index (χ3v) is 4.48. The second kappa shape index (κ2) is 7.90. The van der Waals surface area contributed by atoms with Gasteiger partial charge in [-0.3, -0.25) is 9.69 Å². The van der Waals surface area contributed by atoms with E-state index in [4.69, 9.17) is 0 Å². The van der Waals surface area contributed by atoms with Crippen LogP contribution in [0.4, 0.5) is 13.2 Å². The Kier molecular flexibility index (Phi) is 5.61. The van der Waals surface area contributed by atoms with Gasteiger partial charge in [-0.05, 0) is 37.1 Å². The Morgan fingerprint density at radius 1 is 1.27 bits per heavy atom. The fourth-order valence-electron chi connectivity index (χ4n) is 3.29. The topological polar surface area (TPSA) is 50.2 Å². The van der Waals surface area contributed by atoms with Gasteiger partial charge in [-0.15, -0.1) is 0 Å². The van der Waals surface area contributed by atoms with Crippen LogP contribution in [0.2, 0.25) is 0 Å². The van der Waals surface area contributed by atoms with Gasteiger partial charge in [0.25, 0.3) is 0 Å². The second-order valence-electron chi connectivity index (χ2n) is 6.49. The molecular formula is C18H21F3N4O. The van der Waals surface area contributed by atoms with E-state index in [0.29, 0.717) is 25.9 Å². The number of hydrogen-bond acceptors (Lipinski definition) is 3. The fourth-order valence-corrected chi connectivity index (χ4v) is 3.29. The smallest absolute Gasteiger partial charge is 0.352 e. The Morgan fingerprint density at radius 2 is 2.08 bits per heavy atom. The van der Waals surface area contributed by atoms with Crippen molar-refractivity contribution in [2.24, 2.45) is 5.92 Å². The SMILES string of the molecule is O=C(NCc1ccccc1-n1cccn1)C1CCCN(CC(F)(F)F)C1. The third kappa shape index (κ3) is 4.85. The van der Waals surface area contributed by atoms with E-state index in [1.54, 1.807) is 10.9 Å². The fraction of sp³-hybridized carbons (Fsp3) is 0.444. The maximum absolute atomic E-state index is 12.6. The molecule has 1 amide bonds. The van der Waals surface area contributed by atoms with Crippen LogP contribution in [0.15, 0.2) is 42.7 Å². The van der Waals surface area contributed by atoms with Gasteiger partial charge >= 0.3 is 6.18 Å². The Bertz CT molecular complexity index is 730. The van der Waals surface area contributed by atoms with Crippen molar-refractivity contribution >= 4 is 5.91 Å². The van der Waals surface area contributed by atoms with Crippen LogP contribution in [-0.4, -0.2) is 46.4 Å². The molecule has 0 aliphatic carbocycles. The number of piperidine rings is 1. The van der Waals surface area contributed by atoms with Gasteiger partial charge in [0.15, 0.2) is 0 Å². The number of likely N-dealkylation sites (tertiary alicyclic amines) is 1. The minimum absolute atomic E-state index is 0.145. The number of carbonyl (C=O) groups excluding carboxylic acids is 1. The molecule has 0 bridgehead atoms. The highest BCUT2D eigenvalue weighted by Gasteiger charge is 2.34. The van der Waals surface area contributed by atoms with Crippen LogP contribution in [0.25, 0.3) is 5.69 Å². The van der Waals surface area contributed by atoms with Gasteiger partial charge in [0.1, 0.15) is 0 Å². The Labute approximate surface area is 149 Å². The van der Waals surface area contributed by atoms with Crippen LogP contribution in [-0.2, 0) is 11.3 Å². The predicted octanol–water partition coefficient (Wildman–Crippen LogP) is 2.76. The number of alkyl halides is 3. The van der Waals surface area contributed by atoms with Gasteiger partial charge in [0, 0.05) is 25.5 Å². The summed E-state index contributed by atoms with van der Waals surface area (Å²) in [5.74, 6) is -0.616. The van der Waals surface area contributed by atoms with E-state index in [9.17, 15) is 18.0 Å². The molecule has 1 N–H and O–H groups in total. The molecule has 2 aromatic rings. The maximum atomic E-state index is 12.6. The molecular weight excluding hydrogens is 345 g/mol. The molecule has 1 unspecified atom stereocenters. The number of para-hydroxylation sites is 1. The van der Waals surface area contributed by atoms with Gasteiger partial charge in [0.05, 0.1) is 18.2 Å². The van der Waals surface area contributed by atoms with E-state index in [1.807, 2.05) is 36.5 Å². The lowest BCUT2D eigenvalue weighted by Crippen LogP contribution is -2.46. The summed E-state index contributed by atoms with van der Waals surface area (Å²) < 4.78 is 39.4. The summed E-state index contributed by atoms with van der Waals surface area (Å²) >= 11 is 0. The van der Waals surface area contributed by atoms with Crippen molar-refractivity contribution in [3.05, 3.63) is 48.3 Å². The number of rotatable bonds is 5. The van der Waals surface area contributed by atoms with Gasteiger partial charge in [-0.25, -0.2) is 4.68 Å². The summed E-state index contributed by atoms with van der Waals surface area (Å²) in [5.41, 5.74) is 1.76. The number of carbonyl (C=O) groups is 1. The van der Waals surface area contributed by atoms with E-state index in [0.717, 1.165) is 11.3 Å². The number of amides is 1. The van der Waals surface area contributed by atoms with E-state index in [2.05, 4.69) is 10.4 Å². The van der Waals surface area contributed by atoms with Crippen LogP contribution >= 0.6 is 0 Å². The number of hydrogen-bond donors (Lipinski definition) is 1. The highest BCUT2D eigenvalue weighted by atomic mass is 19.4. The molecule has 140 valence electrons. The van der Waals surface area contributed by atoms with Crippen molar-refractivity contribution in [2.75, 3.05) is 19.6 Å². The summed E-state index contributed by atoms with van der Waals surface area (Å²) in [7, 11) is 0. The van der Waals surface area contributed by atoms with Crippen LogP contribution in [0.3, 0.4) is 0 Å². The molecule has 3 rings (SSSR count). The number of nitrogens with one attached hydrogen (secondary N) is 1. The first kappa shape index (κ1) is 18.4. The first-order chi connectivity index (χ1) is 12.4. The molecule has 1 fully saturated rings. The molecule has 1 aromatic heterocycles. The Morgan fingerprint density at radius 3 is 2.81 bits per heavy atom. The highest BCUT2D eigenvalue weighted by Crippen LogP contribution is 2.22. The van der Waals surface area contributed by atoms with Crippen molar-refractivity contribution in [3.63, 3.8) is 0 Å². The largest absolute Gasteiger partial charge is 0.401 e. The third-order valence-electron chi connectivity index (χ3n) is 4.48. The lowest BCUT2D eigenvalue weighted by Gasteiger charge is -2.32. The molecule has 5 nitrogen and oxygen atoms in total. The van der Waals surface area contributed by atoms with Crippen LogP contribution in [0, 0.1) is 5.92 Å². The van der Waals surface area contributed by atoms with Gasteiger partial charge in [-0.1, -0.05) is 18.2 Å². The molecule has 2 heterocycles. The quantitative estimate of drug-likeness (QED) is 0.885. The summed E-state index contributed by atoms with van der Waals surface area (Å²) in [5, 5.41) is 7.07. The monoisotopic (exact) mass is 366 g/mol. The highest BCUT2D eigenvalue weighted by molar-refractivity contribution is 5.79. The standard InChI is InChI=1S/C18H21F3N4O/c19-18(20,21)13-24-9-3-6-15(12-24)17(26)22-11-14-5-1-2-7-16(14)25-10-4-8-23-25/h1-2,4-5,7-8,10,15H,3,6,9,11-13H2,(H,22,26). The van der Waals surface area contributed by atoms with Gasteiger partial charge in [-0.2, -0.15) is 18.3 Å². The van der Waals surface area contributed by atoms with E-state index in [-0.39, 0.29) is 12.5 Å². The van der Waals surface area contributed by atoms with Crippen molar-refractivity contribution in [2.45, 2.75) is 25.6 Å². The normalized spacial score (nSPS) is 18.7. The van der Waals surface area contributed by atoms with Crippen LogP contribution in [0.1, 0.15) is 18.4 Å². The summed E-state index contributed by atoms with van der Waals surface area (Å²) in [4.78, 5) is 13.7. The number of halogens is 3. The predicted molar refractivity (Wildman–Crippen MR) is 90.6 cm³/mol. The Hall–Kier alpha value is -2.35. The zero-order chi connectivity index (χ0) is 18.6. The summed E-state index contributed by atoms with van der Waals surface area (Å²) in [6.07, 6.45) is 0.462. The van der Waals surface area contributed by atoms with Crippen molar-refractivity contribution in [1.29, 1.82) is 0 Å². The van der Waals surface area contributed by atoms with E-state index in [1.165, 1.54) is 4.90 Å². The van der Waals surface area contributed by atoms with E-state index < -0.39 is 18.6 Å². The summed E-state index contributed by atoms with van der Waals surface area (Å²) in [6.45, 7) is -0.124. The minimum atomic E-state index is -4.24. The Balaban J connectivity index is 1.59. The van der Waals surface area contributed by atoms with Gasteiger partial charge in [0.2, 0.25) is 5.91 Å². The maximum Gasteiger partial charge on any atom is 0.401 e. The lowest BCUT2D eigenvalue weighted by atomic mass is 9.97. The van der Waals surface area contributed by atoms with Crippen molar-refractivity contribution < 1.29 is 18.0 Å². The molecule has 26 heavy (non-hydrogen) atoms. The molecule has 1 aliphatic heterocycles. The van der Waals surface area contributed by atoms with Gasteiger partial charge < -0.3 is 5.32 Å². The number of nitrogens with zero attached hydrogens (tertiary/aromatic N) is 3.